The van der Waals surface area contributed by atoms with Crippen LogP contribution >= 0.6 is 11.6 Å². The summed E-state index contributed by atoms with van der Waals surface area (Å²) in [6.45, 7) is 1.80. The van der Waals surface area contributed by atoms with Crippen LogP contribution in [0.1, 0.15) is 11.6 Å². The van der Waals surface area contributed by atoms with Crippen LogP contribution in [-0.2, 0) is 0 Å². The Morgan fingerprint density at radius 2 is 2.04 bits per heavy atom. The SMILES string of the molecule is CNC[C@@H](O)C(c1ccccc1)N1CCOc2ccc(Cl)cc21. The van der Waals surface area contributed by atoms with E-state index in [9.17, 15) is 5.11 Å². The van der Waals surface area contributed by atoms with Gasteiger partial charge in [0.2, 0.25) is 0 Å². The lowest BCUT2D eigenvalue weighted by Gasteiger charge is -2.40. The molecule has 4 nitrogen and oxygen atoms in total. The minimum Gasteiger partial charge on any atom is -0.490 e. The summed E-state index contributed by atoms with van der Waals surface area (Å²) >= 11 is 6.18. The summed E-state index contributed by atoms with van der Waals surface area (Å²) in [4.78, 5) is 2.18. The maximum Gasteiger partial charge on any atom is 0.142 e. The molecule has 0 aliphatic carbocycles. The van der Waals surface area contributed by atoms with Gasteiger partial charge >= 0.3 is 0 Å². The molecule has 1 aliphatic heterocycles. The molecular formula is C18H21ClN2O2. The second-order valence-corrected chi connectivity index (χ2v) is 6.07. The Balaban J connectivity index is 2.03. The molecule has 1 aliphatic rings. The van der Waals surface area contributed by atoms with Gasteiger partial charge in [-0.15, -0.1) is 0 Å². The number of nitrogens with one attached hydrogen (secondary N) is 1. The highest BCUT2D eigenvalue weighted by atomic mass is 35.5. The Hall–Kier alpha value is -1.75. The van der Waals surface area contributed by atoms with Crippen molar-refractivity contribution in [3.05, 3.63) is 59.1 Å². The van der Waals surface area contributed by atoms with E-state index in [4.69, 9.17) is 16.3 Å². The standard InChI is InChI=1S/C18H21ClN2O2/c1-20-12-16(22)18(13-5-3-2-4-6-13)21-9-10-23-17-8-7-14(19)11-15(17)21/h2-8,11,16,18,20,22H,9-10,12H2,1H3/t16-,18?/m1/s1. The molecular weight excluding hydrogens is 312 g/mol. The van der Waals surface area contributed by atoms with Crippen LogP contribution in [0.3, 0.4) is 0 Å². The average Bonchev–Trinajstić information content (AvgIpc) is 2.57. The van der Waals surface area contributed by atoms with Crippen LogP contribution in [0.25, 0.3) is 0 Å². The van der Waals surface area contributed by atoms with E-state index in [1.165, 1.54) is 0 Å². The number of nitrogens with zero attached hydrogens (tertiary/aromatic N) is 1. The molecule has 0 aromatic heterocycles. The highest BCUT2D eigenvalue weighted by Gasteiger charge is 2.31. The molecule has 0 bridgehead atoms. The molecule has 2 aromatic carbocycles. The highest BCUT2D eigenvalue weighted by Crippen LogP contribution is 2.39. The summed E-state index contributed by atoms with van der Waals surface area (Å²) in [5, 5.41) is 14.5. The molecule has 23 heavy (non-hydrogen) atoms. The number of likely N-dealkylation sites (N-methyl/N-ethyl adjacent to an activating group) is 1. The minimum absolute atomic E-state index is 0.162. The van der Waals surface area contributed by atoms with Crippen LogP contribution in [0, 0.1) is 0 Å². The second kappa shape index (κ2) is 7.21. The highest BCUT2D eigenvalue weighted by molar-refractivity contribution is 6.31. The Morgan fingerprint density at radius 1 is 1.26 bits per heavy atom. The van der Waals surface area contributed by atoms with Gasteiger partial charge in [-0.05, 0) is 30.8 Å². The monoisotopic (exact) mass is 332 g/mol. The molecule has 122 valence electrons. The number of aliphatic hydroxyl groups excluding tert-OH is 1. The first-order valence-corrected chi connectivity index (χ1v) is 8.15. The van der Waals surface area contributed by atoms with Crippen molar-refractivity contribution in [1.29, 1.82) is 0 Å². The fourth-order valence-electron chi connectivity index (χ4n) is 3.08. The molecule has 2 aromatic rings. The first-order chi connectivity index (χ1) is 11.2. The third kappa shape index (κ3) is 3.44. The Bertz CT molecular complexity index is 651. The van der Waals surface area contributed by atoms with Gasteiger partial charge in [-0.3, -0.25) is 0 Å². The smallest absolute Gasteiger partial charge is 0.142 e. The molecule has 0 spiro atoms. The number of fused-ring (bicyclic) bond motifs is 1. The molecule has 1 unspecified atom stereocenters. The number of ether oxygens (including phenoxy) is 1. The molecule has 3 rings (SSSR count). The van der Waals surface area contributed by atoms with Crippen molar-refractivity contribution < 1.29 is 9.84 Å². The predicted molar refractivity (Wildman–Crippen MR) is 93.4 cm³/mol. The number of hydrogen-bond donors (Lipinski definition) is 2. The summed E-state index contributed by atoms with van der Waals surface area (Å²) in [6.07, 6.45) is -0.549. The molecule has 0 amide bonds. The van der Waals surface area contributed by atoms with Crippen LogP contribution < -0.4 is 15.0 Å². The lowest BCUT2D eigenvalue weighted by molar-refractivity contribution is 0.135. The van der Waals surface area contributed by atoms with E-state index in [1.807, 2.05) is 55.6 Å². The summed E-state index contributed by atoms with van der Waals surface area (Å²) in [5.74, 6) is 0.804. The van der Waals surface area contributed by atoms with Crippen LogP contribution in [0.15, 0.2) is 48.5 Å². The number of hydrogen-bond acceptors (Lipinski definition) is 4. The zero-order valence-electron chi connectivity index (χ0n) is 13.1. The molecule has 1 heterocycles. The van der Waals surface area contributed by atoms with Gasteiger partial charge < -0.3 is 20.1 Å². The second-order valence-electron chi connectivity index (χ2n) is 5.63. The molecule has 5 heteroatoms. The van der Waals surface area contributed by atoms with Gasteiger partial charge in [0.05, 0.1) is 24.4 Å². The van der Waals surface area contributed by atoms with E-state index in [0.717, 1.165) is 17.0 Å². The van der Waals surface area contributed by atoms with Gasteiger partial charge in [-0.1, -0.05) is 41.9 Å². The molecule has 0 fully saturated rings. The van der Waals surface area contributed by atoms with Crippen molar-refractivity contribution in [3.8, 4) is 5.75 Å². The van der Waals surface area contributed by atoms with E-state index in [2.05, 4.69) is 10.2 Å². The van der Waals surface area contributed by atoms with Crippen molar-refractivity contribution in [1.82, 2.24) is 5.32 Å². The lowest BCUT2D eigenvalue weighted by atomic mass is 9.98. The third-order valence-electron chi connectivity index (χ3n) is 4.07. The number of aliphatic hydroxyl groups is 1. The molecule has 0 radical (unpaired) electrons. The van der Waals surface area contributed by atoms with Crippen molar-refractivity contribution >= 4 is 17.3 Å². The molecule has 0 saturated carbocycles. The van der Waals surface area contributed by atoms with E-state index >= 15 is 0 Å². The fraction of sp³-hybridized carbons (Fsp3) is 0.333. The van der Waals surface area contributed by atoms with Crippen molar-refractivity contribution in [2.75, 3.05) is 31.6 Å². The van der Waals surface area contributed by atoms with Gasteiger partial charge in [0.1, 0.15) is 12.4 Å². The summed E-state index contributed by atoms with van der Waals surface area (Å²) in [5.41, 5.74) is 2.00. The first-order valence-electron chi connectivity index (χ1n) is 7.77. The van der Waals surface area contributed by atoms with E-state index < -0.39 is 6.10 Å². The Kier molecular flexibility index (Phi) is 5.06. The Morgan fingerprint density at radius 3 is 2.78 bits per heavy atom. The Labute approximate surface area is 141 Å². The van der Waals surface area contributed by atoms with Gasteiger partial charge in [0, 0.05) is 11.6 Å². The van der Waals surface area contributed by atoms with E-state index in [0.29, 0.717) is 24.7 Å². The number of anilines is 1. The topological polar surface area (TPSA) is 44.7 Å². The van der Waals surface area contributed by atoms with Gasteiger partial charge in [-0.2, -0.15) is 0 Å². The number of benzene rings is 2. The lowest BCUT2D eigenvalue weighted by Crippen LogP contribution is -2.44. The van der Waals surface area contributed by atoms with Crippen LogP contribution in [0.5, 0.6) is 5.75 Å². The zero-order valence-corrected chi connectivity index (χ0v) is 13.8. The predicted octanol–water partition coefficient (Wildman–Crippen LogP) is 2.86. The molecule has 2 N–H and O–H groups in total. The van der Waals surface area contributed by atoms with Gasteiger partial charge in [-0.25, -0.2) is 0 Å². The summed E-state index contributed by atoms with van der Waals surface area (Å²) < 4.78 is 5.74. The quantitative estimate of drug-likeness (QED) is 0.883. The van der Waals surface area contributed by atoms with Crippen LogP contribution in [0.2, 0.25) is 5.02 Å². The van der Waals surface area contributed by atoms with E-state index in [-0.39, 0.29) is 6.04 Å². The maximum absolute atomic E-state index is 10.7. The fourth-order valence-corrected chi connectivity index (χ4v) is 3.25. The van der Waals surface area contributed by atoms with Crippen molar-refractivity contribution in [3.63, 3.8) is 0 Å². The average molecular weight is 333 g/mol. The first kappa shape index (κ1) is 16.1. The molecule has 2 atom stereocenters. The summed E-state index contributed by atoms with van der Waals surface area (Å²) in [6, 6.07) is 15.5. The number of halogens is 1. The normalized spacial score (nSPS) is 16.4. The van der Waals surface area contributed by atoms with Crippen molar-refractivity contribution in [2.45, 2.75) is 12.1 Å². The zero-order chi connectivity index (χ0) is 16.2. The van der Waals surface area contributed by atoms with Gasteiger partial charge in [0.25, 0.3) is 0 Å². The van der Waals surface area contributed by atoms with Crippen molar-refractivity contribution in [2.24, 2.45) is 0 Å². The minimum atomic E-state index is -0.549. The largest absolute Gasteiger partial charge is 0.490 e. The van der Waals surface area contributed by atoms with Crippen LogP contribution in [-0.4, -0.2) is 38.0 Å². The van der Waals surface area contributed by atoms with Gasteiger partial charge in [0.15, 0.2) is 0 Å². The molecule has 0 saturated heterocycles. The van der Waals surface area contributed by atoms with E-state index in [1.54, 1.807) is 0 Å². The number of rotatable bonds is 5. The third-order valence-corrected chi connectivity index (χ3v) is 4.31. The van der Waals surface area contributed by atoms with Crippen LogP contribution in [0.4, 0.5) is 5.69 Å². The summed E-state index contributed by atoms with van der Waals surface area (Å²) in [7, 11) is 1.84. The maximum atomic E-state index is 10.7.